The lowest BCUT2D eigenvalue weighted by molar-refractivity contribution is 0.0753. The van der Waals surface area contributed by atoms with Gasteiger partial charge in [0, 0.05) is 0 Å². The molecule has 0 spiro atoms. The van der Waals surface area contributed by atoms with Gasteiger partial charge in [-0.25, -0.2) is 9.97 Å². The topological polar surface area (TPSA) is 93.5 Å². The molecule has 4 saturated carbocycles. The molecule has 0 saturated heterocycles. The maximum absolute atomic E-state index is 11.4. The van der Waals surface area contributed by atoms with E-state index >= 15 is 0 Å². The van der Waals surface area contributed by atoms with Crippen LogP contribution in [0.4, 0.5) is 0 Å². The van der Waals surface area contributed by atoms with E-state index in [9.17, 15) is 10.2 Å². The fraction of sp³-hybridized carbons (Fsp3) is 0.458. The minimum atomic E-state index is -0.417. The summed E-state index contributed by atoms with van der Waals surface area (Å²) in [7, 11) is 3.45. The van der Waals surface area contributed by atoms with Crippen LogP contribution in [0.2, 0.25) is 0 Å². The van der Waals surface area contributed by atoms with Gasteiger partial charge in [0.2, 0.25) is 0 Å². The molecule has 0 amide bonds. The average molecular weight is 753 g/mol. The molecule has 2 N–H and O–H groups in total. The van der Waals surface area contributed by atoms with Crippen molar-refractivity contribution in [2.75, 3.05) is 14.2 Å². The van der Waals surface area contributed by atoms with Crippen molar-refractivity contribution >= 4 is 11.0 Å². The molecule has 2 atom stereocenters. The molecule has 4 fully saturated rings. The molecule has 0 aliphatic heterocycles. The number of nitrogens with zero attached hydrogens (tertiary/aromatic N) is 4. The van der Waals surface area contributed by atoms with Gasteiger partial charge in [0.15, 0.2) is 0 Å². The number of imidazole rings is 2. The second-order valence-electron chi connectivity index (χ2n) is 16.9. The zero-order valence-corrected chi connectivity index (χ0v) is 32.8. The van der Waals surface area contributed by atoms with Crippen molar-refractivity contribution in [2.45, 2.75) is 113 Å². The molecule has 4 aromatic heterocycles. The molecular weight excluding hydrogens is 697 g/mol. The van der Waals surface area contributed by atoms with E-state index in [1.165, 1.54) is 47.9 Å². The summed E-state index contributed by atoms with van der Waals surface area (Å²) in [4.78, 5) is 8.64. The number of hydrogen-bond acceptors (Lipinski definition) is 6. The molecule has 0 unspecified atom stereocenters. The lowest BCUT2D eigenvalue weighted by Crippen LogP contribution is -2.22. The van der Waals surface area contributed by atoms with Crippen LogP contribution in [0.15, 0.2) is 97.8 Å². The van der Waals surface area contributed by atoms with Crippen LogP contribution >= 0.6 is 0 Å². The molecule has 0 radical (unpaired) electrons. The van der Waals surface area contributed by atoms with Gasteiger partial charge in [-0.1, -0.05) is 36.4 Å². The maximum Gasteiger partial charge on any atom is 0.119 e. The van der Waals surface area contributed by atoms with Crippen LogP contribution < -0.4 is 9.47 Å². The molecule has 10 rings (SSSR count). The predicted octanol–water partition coefficient (Wildman–Crippen LogP) is 10.5. The Labute approximate surface area is 330 Å². The molecule has 4 aliphatic carbocycles. The Kier molecular flexibility index (Phi) is 10.6. The highest BCUT2D eigenvalue weighted by molar-refractivity contribution is 5.51. The first-order valence-corrected chi connectivity index (χ1v) is 21.0. The van der Waals surface area contributed by atoms with Crippen molar-refractivity contribution in [1.82, 2.24) is 18.8 Å². The number of aliphatic hydroxyl groups is 2. The third-order valence-electron chi connectivity index (χ3n) is 13.5. The average Bonchev–Trinajstić information content (AvgIpc) is 4.19. The Balaban J connectivity index is 0.000000146. The number of aliphatic hydroxyl groups excluding tert-OH is 2. The van der Waals surface area contributed by atoms with Gasteiger partial charge < -0.3 is 28.5 Å². The Hall–Kier alpha value is -4.66. The molecule has 8 nitrogen and oxygen atoms in total. The first-order valence-electron chi connectivity index (χ1n) is 21.0. The summed E-state index contributed by atoms with van der Waals surface area (Å²) in [6.45, 7) is 0. The number of fused-ring (bicyclic) bond motifs is 2. The van der Waals surface area contributed by atoms with E-state index in [1.807, 2.05) is 37.2 Å². The van der Waals surface area contributed by atoms with Gasteiger partial charge in [-0.3, -0.25) is 0 Å². The van der Waals surface area contributed by atoms with Crippen LogP contribution in [0.1, 0.15) is 147 Å². The van der Waals surface area contributed by atoms with Gasteiger partial charge in [-0.15, -0.1) is 0 Å². The number of methoxy groups -OCH3 is 2. The number of benzene rings is 2. The van der Waals surface area contributed by atoms with Crippen molar-refractivity contribution in [2.24, 2.45) is 11.8 Å². The Bertz CT molecular complexity index is 2090. The third kappa shape index (κ3) is 7.58. The largest absolute Gasteiger partial charge is 0.497 e. The van der Waals surface area contributed by atoms with E-state index in [0.717, 1.165) is 85.3 Å². The van der Waals surface area contributed by atoms with Crippen LogP contribution in [0.5, 0.6) is 11.5 Å². The second-order valence-corrected chi connectivity index (χ2v) is 16.9. The predicted molar refractivity (Wildman–Crippen MR) is 220 cm³/mol. The number of hydrogen-bond donors (Lipinski definition) is 2. The second kappa shape index (κ2) is 16.1. The van der Waals surface area contributed by atoms with Gasteiger partial charge >= 0.3 is 0 Å². The zero-order valence-electron chi connectivity index (χ0n) is 32.8. The molecule has 4 aliphatic rings. The Morgan fingerprint density at radius 3 is 1.29 bits per heavy atom. The minimum absolute atomic E-state index is 0.312. The van der Waals surface area contributed by atoms with Gasteiger partial charge in [-0.05, 0) is 171 Å². The molecule has 292 valence electrons. The van der Waals surface area contributed by atoms with Crippen molar-refractivity contribution < 1.29 is 19.7 Å². The highest BCUT2D eigenvalue weighted by Crippen LogP contribution is 2.49. The van der Waals surface area contributed by atoms with Gasteiger partial charge in [-0.2, -0.15) is 0 Å². The summed E-state index contributed by atoms with van der Waals surface area (Å²) < 4.78 is 15.0. The lowest BCUT2D eigenvalue weighted by Gasteiger charge is -2.33. The van der Waals surface area contributed by atoms with E-state index in [-0.39, 0.29) is 0 Å². The maximum atomic E-state index is 11.4. The number of pyridine rings is 2. The van der Waals surface area contributed by atoms with Crippen molar-refractivity contribution in [3.05, 3.63) is 131 Å². The van der Waals surface area contributed by atoms with Crippen LogP contribution in [-0.2, 0) is 0 Å². The highest BCUT2D eigenvalue weighted by atomic mass is 16.5. The molecule has 2 aromatic carbocycles. The minimum Gasteiger partial charge on any atom is -0.497 e. The molecule has 56 heavy (non-hydrogen) atoms. The quantitative estimate of drug-likeness (QED) is 0.145. The normalized spacial score (nSPS) is 23.6. The molecular formula is C48H56N4O4. The molecule has 4 heterocycles. The summed E-state index contributed by atoms with van der Waals surface area (Å²) in [5.41, 5.74) is 9.70. The van der Waals surface area contributed by atoms with E-state index < -0.39 is 12.2 Å². The van der Waals surface area contributed by atoms with Crippen molar-refractivity contribution in [1.29, 1.82) is 0 Å². The number of rotatable bonds is 10. The Morgan fingerprint density at radius 1 is 0.518 bits per heavy atom. The first kappa shape index (κ1) is 36.9. The van der Waals surface area contributed by atoms with Crippen LogP contribution in [0.25, 0.3) is 11.0 Å². The standard InChI is InChI=1S/2C24H28N2O2/c2*1-28-21-4-2-3-19(13-21)16-5-9-18(10-6-16)24(27)23-22(17-7-8-17)12-11-20-14-25-15-26(20)23/h2*2-4,11-18,24,27H,5-10H2,1H3/t2*16?,18?,24-/m10/s1. The third-order valence-corrected chi connectivity index (χ3v) is 13.5. The van der Waals surface area contributed by atoms with Crippen molar-refractivity contribution in [3.63, 3.8) is 0 Å². The van der Waals surface area contributed by atoms with E-state index in [0.29, 0.717) is 35.5 Å². The van der Waals surface area contributed by atoms with Crippen LogP contribution in [-0.4, -0.2) is 43.2 Å². The summed E-state index contributed by atoms with van der Waals surface area (Å²) >= 11 is 0. The van der Waals surface area contributed by atoms with E-state index in [2.05, 4.69) is 79.4 Å². The van der Waals surface area contributed by atoms with Crippen LogP contribution in [0, 0.1) is 11.8 Å². The van der Waals surface area contributed by atoms with Gasteiger partial charge in [0.25, 0.3) is 0 Å². The van der Waals surface area contributed by atoms with Gasteiger partial charge in [0.05, 0.1) is 73.9 Å². The van der Waals surface area contributed by atoms with E-state index in [1.54, 1.807) is 14.2 Å². The number of ether oxygens (including phenoxy) is 2. The summed E-state index contributed by atoms with van der Waals surface area (Å²) in [6.07, 6.45) is 20.3. The first-order chi connectivity index (χ1) is 27.5. The monoisotopic (exact) mass is 752 g/mol. The molecule has 8 heteroatoms. The molecule has 6 aromatic rings. The summed E-state index contributed by atoms with van der Waals surface area (Å²) in [6, 6.07) is 25.6. The zero-order chi connectivity index (χ0) is 38.2. The van der Waals surface area contributed by atoms with Crippen molar-refractivity contribution in [3.8, 4) is 11.5 Å². The SMILES string of the molecule is COc1cccc(C2CCC([C@@H](O)c3c(C4CC4)ccc4cncn34)CC2)c1.COc1cccc(C2CCC([C@H](O)c3c(C4CC4)ccc4cncn34)CC2)c1. The van der Waals surface area contributed by atoms with Crippen LogP contribution in [0.3, 0.4) is 0 Å². The summed E-state index contributed by atoms with van der Waals surface area (Å²) in [5.74, 6) is 4.84. The van der Waals surface area contributed by atoms with Gasteiger partial charge in [0.1, 0.15) is 11.5 Å². The lowest BCUT2D eigenvalue weighted by atomic mass is 9.75. The highest BCUT2D eigenvalue weighted by Gasteiger charge is 2.36. The Morgan fingerprint density at radius 2 is 0.911 bits per heavy atom. The number of aromatic nitrogens is 4. The van der Waals surface area contributed by atoms with E-state index in [4.69, 9.17) is 9.47 Å². The summed E-state index contributed by atoms with van der Waals surface area (Å²) in [5, 5.41) is 22.8. The smallest absolute Gasteiger partial charge is 0.119 e. The fourth-order valence-corrected chi connectivity index (χ4v) is 9.94. The molecule has 0 bridgehead atoms. The fourth-order valence-electron chi connectivity index (χ4n) is 9.94.